The number of nitrogens with zero attached hydrogens (tertiary/aromatic N) is 2. The van der Waals surface area contributed by atoms with E-state index in [1.165, 1.54) is 55.9 Å². The van der Waals surface area contributed by atoms with Crippen LogP contribution in [0, 0.1) is 0 Å². The fourth-order valence-corrected chi connectivity index (χ4v) is 4.33. The number of rotatable bonds is 3. The van der Waals surface area contributed by atoms with Gasteiger partial charge in [-0.25, -0.2) is 4.79 Å². The van der Waals surface area contributed by atoms with Crippen LogP contribution in [0.1, 0.15) is 53.9 Å². The summed E-state index contributed by atoms with van der Waals surface area (Å²) in [7, 11) is 3.49. The summed E-state index contributed by atoms with van der Waals surface area (Å²) in [5.41, 5.74) is 5.20. The Kier molecular flexibility index (Phi) is 4.49. The highest BCUT2D eigenvalue weighted by Gasteiger charge is 2.26. The second-order valence-corrected chi connectivity index (χ2v) is 7.09. The fourth-order valence-electron chi connectivity index (χ4n) is 4.33. The highest BCUT2D eigenvalue weighted by atomic mass is 16.5. The maximum atomic E-state index is 12.0. The minimum absolute atomic E-state index is 0.299. The van der Waals surface area contributed by atoms with Crippen molar-refractivity contribution in [1.29, 1.82) is 0 Å². The molecule has 3 aromatic rings. The summed E-state index contributed by atoms with van der Waals surface area (Å²) in [4.78, 5) is 16.6. The van der Waals surface area contributed by atoms with E-state index in [1.54, 1.807) is 0 Å². The number of esters is 1. The van der Waals surface area contributed by atoms with Gasteiger partial charge in [-0.2, -0.15) is 0 Å². The maximum absolute atomic E-state index is 12.0. The molecule has 4 heteroatoms. The van der Waals surface area contributed by atoms with Gasteiger partial charge in [-0.15, -0.1) is 0 Å². The Morgan fingerprint density at radius 2 is 1.96 bits per heavy atom. The molecule has 4 nitrogen and oxygen atoms in total. The number of fused-ring (bicyclic) bond motifs is 1. The zero-order chi connectivity index (χ0) is 18.1. The van der Waals surface area contributed by atoms with Crippen LogP contribution in [0.2, 0.25) is 0 Å². The lowest BCUT2D eigenvalue weighted by Gasteiger charge is -2.23. The molecule has 0 atom stereocenters. The molecule has 0 aliphatic heterocycles. The standard InChI is InChI=1S/C22H24N2O2/c1-24-19-14-16(22(25)26-2)11-12-17(19)20(15-8-4-3-5-9-15)21(24)18-10-6-7-13-23-18/h6-7,10-15H,3-5,8-9H2,1-2H3. The first kappa shape index (κ1) is 16.8. The largest absolute Gasteiger partial charge is 0.465 e. The third-order valence-corrected chi connectivity index (χ3v) is 5.58. The lowest BCUT2D eigenvalue weighted by molar-refractivity contribution is 0.0601. The molecule has 1 fully saturated rings. The Labute approximate surface area is 153 Å². The van der Waals surface area contributed by atoms with Gasteiger partial charge in [0, 0.05) is 24.1 Å². The molecule has 0 N–H and O–H groups in total. The first-order valence-electron chi connectivity index (χ1n) is 9.32. The van der Waals surface area contributed by atoms with Crippen LogP contribution in [-0.4, -0.2) is 22.6 Å². The number of hydrogen-bond donors (Lipinski definition) is 0. The number of carbonyl (C=O) groups is 1. The van der Waals surface area contributed by atoms with Crippen LogP contribution in [0.15, 0.2) is 42.6 Å². The van der Waals surface area contributed by atoms with Crippen LogP contribution >= 0.6 is 0 Å². The summed E-state index contributed by atoms with van der Waals surface area (Å²) in [6, 6.07) is 12.0. The monoisotopic (exact) mass is 348 g/mol. The van der Waals surface area contributed by atoms with Crippen molar-refractivity contribution in [1.82, 2.24) is 9.55 Å². The second-order valence-electron chi connectivity index (χ2n) is 7.09. The molecule has 4 rings (SSSR count). The SMILES string of the molecule is COC(=O)c1ccc2c(C3CCCCC3)c(-c3ccccn3)n(C)c2c1. The lowest BCUT2D eigenvalue weighted by atomic mass is 9.82. The Bertz CT molecular complexity index is 938. The third kappa shape index (κ3) is 2.79. The van der Waals surface area contributed by atoms with Gasteiger partial charge in [-0.1, -0.05) is 31.4 Å². The number of ether oxygens (including phenoxy) is 1. The molecule has 0 radical (unpaired) electrons. The molecule has 2 heterocycles. The van der Waals surface area contributed by atoms with Gasteiger partial charge >= 0.3 is 5.97 Å². The normalized spacial score (nSPS) is 15.3. The zero-order valence-corrected chi connectivity index (χ0v) is 15.4. The topological polar surface area (TPSA) is 44.1 Å². The Hall–Kier alpha value is -2.62. The van der Waals surface area contributed by atoms with E-state index in [9.17, 15) is 4.79 Å². The molecule has 0 bridgehead atoms. The van der Waals surface area contributed by atoms with Crippen molar-refractivity contribution < 1.29 is 9.53 Å². The molecule has 26 heavy (non-hydrogen) atoms. The predicted octanol–water partition coefficient (Wildman–Crippen LogP) is 5.07. The molecule has 0 spiro atoms. The number of aromatic nitrogens is 2. The number of hydrogen-bond acceptors (Lipinski definition) is 3. The lowest BCUT2D eigenvalue weighted by Crippen LogP contribution is -2.06. The highest BCUT2D eigenvalue weighted by molar-refractivity contribution is 5.98. The van der Waals surface area contributed by atoms with Gasteiger partial charge < -0.3 is 9.30 Å². The van der Waals surface area contributed by atoms with Gasteiger partial charge in [0.15, 0.2) is 0 Å². The average molecular weight is 348 g/mol. The number of carbonyl (C=O) groups excluding carboxylic acids is 1. The molecular formula is C22H24N2O2. The van der Waals surface area contributed by atoms with Crippen molar-refractivity contribution in [3.8, 4) is 11.4 Å². The third-order valence-electron chi connectivity index (χ3n) is 5.58. The Morgan fingerprint density at radius 1 is 1.15 bits per heavy atom. The number of aryl methyl sites for hydroxylation is 1. The molecule has 1 saturated carbocycles. The van der Waals surface area contributed by atoms with E-state index in [1.807, 2.05) is 30.5 Å². The molecule has 1 aliphatic carbocycles. The molecule has 0 unspecified atom stereocenters. The number of pyridine rings is 1. The van der Waals surface area contributed by atoms with Crippen molar-refractivity contribution in [2.24, 2.45) is 7.05 Å². The van der Waals surface area contributed by atoms with Crippen molar-refractivity contribution in [3.05, 3.63) is 53.7 Å². The van der Waals surface area contributed by atoms with Crippen LogP contribution in [0.25, 0.3) is 22.3 Å². The van der Waals surface area contributed by atoms with E-state index in [2.05, 4.69) is 28.7 Å². The van der Waals surface area contributed by atoms with E-state index >= 15 is 0 Å². The van der Waals surface area contributed by atoms with E-state index < -0.39 is 0 Å². The number of benzene rings is 1. The first-order valence-corrected chi connectivity index (χ1v) is 9.32. The summed E-state index contributed by atoms with van der Waals surface area (Å²) in [5, 5.41) is 1.23. The minimum Gasteiger partial charge on any atom is -0.465 e. The predicted molar refractivity (Wildman–Crippen MR) is 103 cm³/mol. The molecule has 2 aromatic heterocycles. The van der Waals surface area contributed by atoms with Crippen molar-refractivity contribution in [2.45, 2.75) is 38.0 Å². The van der Waals surface area contributed by atoms with Crippen molar-refractivity contribution in [3.63, 3.8) is 0 Å². The molecule has 0 amide bonds. The van der Waals surface area contributed by atoms with E-state index in [4.69, 9.17) is 4.74 Å². The van der Waals surface area contributed by atoms with Crippen LogP contribution in [-0.2, 0) is 11.8 Å². The Balaban J connectivity index is 1.97. The van der Waals surface area contributed by atoms with Crippen LogP contribution in [0.4, 0.5) is 0 Å². The maximum Gasteiger partial charge on any atom is 0.337 e. The molecule has 0 saturated heterocycles. The minimum atomic E-state index is -0.299. The van der Waals surface area contributed by atoms with E-state index in [-0.39, 0.29) is 5.97 Å². The van der Waals surface area contributed by atoms with E-state index in [0.29, 0.717) is 11.5 Å². The van der Waals surface area contributed by atoms with Crippen LogP contribution in [0.5, 0.6) is 0 Å². The molecule has 1 aliphatic rings. The highest BCUT2D eigenvalue weighted by Crippen LogP contribution is 2.43. The summed E-state index contributed by atoms with van der Waals surface area (Å²) in [6.45, 7) is 0. The van der Waals surface area contributed by atoms with Gasteiger partial charge in [0.1, 0.15) is 0 Å². The van der Waals surface area contributed by atoms with Crippen molar-refractivity contribution >= 4 is 16.9 Å². The summed E-state index contributed by atoms with van der Waals surface area (Å²) in [5.74, 6) is 0.250. The van der Waals surface area contributed by atoms with Gasteiger partial charge in [-0.05, 0) is 48.6 Å². The number of methoxy groups -OCH3 is 1. The average Bonchev–Trinajstić information content (AvgIpc) is 3.00. The molecule has 134 valence electrons. The quantitative estimate of drug-likeness (QED) is 0.620. The van der Waals surface area contributed by atoms with Gasteiger partial charge in [0.05, 0.1) is 24.1 Å². The van der Waals surface area contributed by atoms with Crippen molar-refractivity contribution in [2.75, 3.05) is 7.11 Å². The second kappa shape index (κ2) is 6.94. The van der Waals surface area contributed by atoms with Crippen LogP contribution in [0.3, 0.4) is 0 Å². The summed E-state index contributed by atoms with van der Waals surface area (Å²) >= 11 is 0. The van der Waals surface area contributed by atoms with Gasteiger partial charge in [-0.3, -0.25) is 4.98 Å². The van der Waals surface area contributed by atoms with E-state index in [0.717, 1.165) is 11.2 Å². The zero-order valence-electron chi connectivity index (χ0n) is 15.4. The van der Waals surface area contributed by atoms with Crippen LogP contribution < -0.4 is 0 Å². The van der Waals surface area contributed by atoms with Gasteiger partial charge in [0.25, 0.3) is 0 Å². The summed E-state index contributed by atoms with van der Waals surface area (Å²) < 4.78 is 7.09. The molecule has 1 aromatic carbocycles. The smallest absolute Gasteiger partial charge is 0.337 e. The summed E-state index contributed by atoms with van der Waals surface area (Å²) in [6.07, 6.45) is 8.17. The molecular weight excluding hydrogens is 324 g/mol. The fraction of sp³-hybridized carbons (Fsp3) is 0.364. The van der Waals surface area contributed by atoms with Gasteiger partial charge in [0.2, 0.25) is 0 Å². The Morgan fingerprint density at radius 3 is 2.65 bits per heavy atom. The first-order chi connectivity index (χ1) is 12.7.